The minimum atomic E-state index is -4.42. The lowest BCUT2D eigenvalue weighted by atomic mass is 10.1. The highest BCUT2D eigenvalue weighted by Gasteiger charge is 2.27. The molecule has 344 valence electrons. The Labute approximate surface area is 364 Å². The summed E-state index contributed by atoms with van der Waals surface area (Å²) in [5.41, 5.74) is 0. The average molecular weight is 865 g/mol. The number of ether oxygens (including phenoxy) is 2. The number of hydrogen-bond acceptors (Lipinski definition) is 9. The fourth-order valence-corrected chi connectivity index (χ4v) is 6.24. The summed E-state index contributed by atoms with van der Waals surface area (Å²) >= 11 is 0. The Bertz CT molecular complexity index is 1330. The molecular weight excluding hydrogens is 781 g/mol. The number of unbranched alkanes of at least 4 members (excludes halogenated alkanes) is 11. The van der Waals surface area contributed by atoms with Gasteiger partial charge in [0.25, 0.3) is 0 Å². The number of likely N-dealkylation sites (N-methyl/N-ethyl adjacent to an activating group) is 1. The van der Waals surface area contributed by atoms with Crippen LogP contribution in [0, 0.1) is 0 Å². The molecule has 0 heterocycles. The zero-order valence-electron chi connectivity index (χ0n) is 37.9. The minimum absolute atomic E-state index is 0.00351. The number of carbonyl (C=O) groups is 2. The molecule has 0 radical (unpaired) electrons. The number of nitrogens with zero attached hydrogens (tertiary/aromatic N) is 1. The van der Waals surface area contributed by atoms with Crippen molar-refractivity contribution in [1.82, 2.24) is 0 Å². The van der Waals surface area contributed by atoms with Gasteiger partial charge in [0, 0.05) is 12.8 Å². The van der Waals surface area contributed by atoms with E-state index in [4.69, 9.17) is 18.5 Å². The molecule has 0 rings (SSSR count). The highest BCUT2D eigenvalue weighted by Crippen LogP contribution is 2.43. The van der Waals surface area contributed by atoms with Gasteiger partial charge in [0.15, 0.2) is 6.10 Å². The maximum atomic E-state index is 12.7. The van der Waals surface area contributed by atoms with Crippen LogP contribution >= 0.6 is 7.82 Å². The maximum absolute atomic E-state index is 12.7. The third-order valence-corrected chi connectivity index (χ3v) is 10.1. The largest absolute Gasteiger partial charge is 0.472 e. The predicted molar refractivity (Wildman–Crippen MR) is 245 cm³/mol. The molecule has 0 aliphatic carbocycles. The molecule has 1 unspecified atom stereocenters. The molecule has 0 saturated carbocycles. The monoisotopic (exact) mass is 865 g/mol. The van der Waals surface area contributed by atoms with E-state index in [0.29, 0.717) is 43.1 Å². The van der Waals surface area contributed by atoms with Crippen molar-refractivity contribution in [2.45, 2.75) is 161 Å². The van der Waals surface area contributed by atoms with Crippen molar-refractivity contribution in [3.63, 3.8) is 0 Å². The van der Waals surface area contributed by atoms with Crippen LogP contribution in [0.4, 0.5) is 0 Å². The summed E-state index contributed by atoms with van der Waals surface area (Å²) in [5.74, 6) is -0.983. The molecule has 4 atom stereocenters. The highest BCUT2D eigenvalue weighted by molar-refractivity contribution is 7.47. The summed E-state index contributed by atoms with van der Waals surface area (Å²) in [4.78, 5) is 35.4. The Morgan fingerprint density at radius 2 is 1.17 bits per heavy atom. The minimum Gasteiger partial charge on any atom is -0.462 e. The molecule has 0 bridgehead atoms. The van der Waals surface area contributed by atoms with Gasteiger partial charge in [0.2, 0.25) is 0 Å². The van der Waals surface area contributed by atoms with Crippen molar-refractivity contribution >= 4 is 19.8 Å². The molecule has 0 aromatic rings. The first-order chi connectivity index (χ1) is 28.8. The third kappa shape index (κ3) is 41.8. The van der Waals surface area contributed by atoms with E-state index in [-0.39, 0.29) is 26.1 Å². The lowest BCUT2D eigenvalue weighted by Gasteiger charge is -2.24. The second-order valence-electron chi connectivity index (χ2n) is 16.1. The molecule has 0 aromatic carbocycles. The molecule has 0 aliphatic heterocycles. The number of esters is 2. The summed E-state index contributed by atoms with van der Waals surface area (Å²) in [6.07, 6.45) is 42.8. The lowest BCUT2D eigenvalue weighted by molar-refractivity contribution is -0.870. The van der Waals surface area contributed by atoms with Crippen molar-refractivity contribution in [2.75, 3.05) is 47.5 Å². The summed E-state index contributed by atoms with van der Waals surface area (Å²) in [6.45, 7) is 3.99. The fourth-order valence-electron chi connectivity index (χ4n) is 5.50. The Morgan fingerprint density at radius 1 is 0.617 bits per heavy atom. The van der Waals surface area contributed by atoms with Crippen molar-refractivity contribution in [3.05, 3.63) is 85.1 Å². The molecule has 0 spiro atoms. The van der Waals surface area contributed by atoms with Crippen LogP contribution in [0.2, 0.25) is 0 Å². The fraction of sp³-hybridized carbons (Fsp3) is 0.667. The van der Waals surface area contributed by atoms with E-state index >= 15 is 0 Å². The number of carbonyl (C=O) groups excluding carboxylic acids is 2. The molecule has 0 saturated heterocycles. The van der Waals surface area contributed by atoms with Gasteiger partial charge in [0.1, 0.15) is 19.8 Å². The SMILES string of the molecule is CC/C=C\C[C@@H](O)/C=C/C=C\C=C\[C@@H](O)C/C=C\C/C=C\CCC(=O)OC[C@H](COP(=O)(O)OCC[N+](C)(C)C)OC(=O)CCCCCCC/C=C\CCCCCCCC. The quantitative estimate of drug-likeness (QED) is 0.0136. The van der Waals surface area contributed by atoms with Gasteiger partial charge in [-0.05, 0) is 64.2 Å². The van der Waals surface area contributed by atoms with Crippen LogP contribution in [-0.4, -0.2) is 97.3 Å². The Kier molecular flexibility index (Phi) is 37.1. The highest BCUT2D eigenvalue weighted by atomic mass is 31.2. The van der Waals surface area contributed by atoms with Gasteiger partial charge in [-0.15, -0.1) is 0 Å². The van der Waals surface area contributed by atoms with Crippen LogP contribution in [-0.2, 0) is 32.7 Å². The molecule has 11 nitrogen and oxygen atoms in total. The van der Waals surface area contributed by atoms with E-state index < -0.39 is 44.7 Å². The Balaban J connectivity index is 4.60. The molecule has 12 heteroatoms. The van der Waals surface area contributed by atoms with Gasteiger partial charge in [0.05, 0.1) is 40.0 Å². The molecule has 0 aromatic heterocycles. The Morgan fingerprint density at radius 3 is 1.77 bits per heavy atom. The van der Waals surface area contributed by atoms with Crippen LogP contribution in [0.1, 0.15) is 142 Å². The molecule has 0 amide bonds. The summed E-state index contributed by atoms with van der Waals surface area (Å²) in [7, 11) is 1.36. The van der Waals surface area contributed by atoms with Gasteiger partial charge in [-0.1, -0.05) is 150 Å². The van der Waals surface area contributed by atoms with E-state index in [1.165, 1.54) is 38.5 Å². The number of quaternary nitrogens is 1. The number of allylic oxidation sites excluding steroid dienone is 10. The zero-order chi connectivity index (χ0) is 44.6. The number of aliphatic hydroxyl groups excluding tert-OH is 2. The van der Waals surface area contributed by atoms with Crippen molar-refractivity contribution in [2.24, 2.45) is 0 Å². The van der Waals surface area contributed by atoms with Crippen LogP contribution in [0.3, 0.4) is 0 Å². The van der Waals surface area contributed by atoms with E-state index in [9.17, 15) is 29.3 Å². The van der Waals surface area contributed by atoms with Crippen LogP contribution in [0.15, 0.2) is 85.1 Å². The number of phosphoric acid groups is 1. The smallest absolute Gasteiger partial charge is 0.462 e. The van der Waals surface area contributed by atoms with Gasteiger partial charge in [-0.3, -0.25) is 18.6 Å². The molecule has 0 fully saturated rings. The second-order valence-corrected chi connectivity index (χ2v) is 17.6. The standard InChI is InChI=1S/C48H82NO10P/c1-6-8-10-11-12-13-14-15-16-17-18-19-20-25-33-39-48(53)59-46(43-58-60(54,55)57-41-40-49(3,4)5)42-56-47(52)38-32-24-22-21-23-29-35-45(51)37-31-27-26-30-36-44(50)34-28-9-7-2/h9,15-16,22-24,26-31,36-37,44-46,50-51H,6-8,10-14,17-21,25,32-35,38-43H2,1-5H3/p+1/b16-15-,24-22-,27-26-,28-9-,29-23-,36-30+,37-31+/t44-,45+,46-/m1/s1. The first-order valence-electron chi connectivity index (χ1n) is 22.5. The van der Waals surface area contributed by atoms with Crippen LogP contribution < -0.4 is 0 Å². The first kappa shape index (κ1) is 57.1. The van der Waals surface area contributed by atoms with E-state index in [0.717, 1.165) is 44.9 Å². The van der Waals surface area contributed by atoms with Crippen LogP contribution in [0.25, 0.3) is 0 Å². The normalized spacial score (nSPS) is 15.4. The second kappa shape index (κ2) is 39.0. The van der Waals surface area contributed by atoms with E-state index in [2.05, 4.69) is 19.1 Å². The number of phosphoric ester groups is 1. The summed E-state index contributed by atoms with van der Waals surface area (Å²) in [6, 6.07) is 0. The molecule has 60 heavy (non-hydrogen) atoms. The zero-order valence-corrected chi connectivity index (χ0v) is 38.8. The molecule has 3 N–H and O–H groups in total. The first-order valence-corrected chi connectivity index (χ1v) is 24.0. The van der Waals surface area contributed by atoms with Gasteiger partial charge in [-0.2, -0.15) is 0 Å². The van der Waals surface area contributed by atoms with E-state index in [1.807, 2.05) is 64.5 Å². The Hall–Kier alpha value is -2.89. The van der Waals surface area contributed by atoms with E-state index in [1.54, 1.807) is 36.5 Å². The number of rotatable bonds is 39. The number of hydrogen-bond donors (Lipinski definition) is 3. The van der Waals surface area contributed by atoms with Crippen molar-refractivity contribution in [3.8, 4) is 0 Å². The van der Waals surface area contributed by atoms with Gasteiger partial charge < -0.3 is 29.1 Å². The molecular formula is C48H83NO10P+. The average Bonchev–Trinajstić information content (AvgIpc) is 3.19. The van der Waals surface area contributed by atoms with Crippen molar-refractivity contribution < 1.29 is 52.3 Å². The number of aliphatic hydroxyl groups is 2. The van der Waals surface area contributed by atoms with Gasteiger partial charge in [-0.25, -0.2) is 4.57 Å². The van der Waals surface area contributed by atoms with Crippen LogP contribution in [0.5, 0.6) is 0 Å². The summed E-state index contributed by atoms with van der Waals surface area (Å²) < 4.78 is 34.1. The molecule has 0 aliphatic rings. The maximum Gasteiger partial charge on any atom is 0.472 e. The van der Waals surface area contributed by atoms with Crippen molar-refractivity contribution in [1.29, 1.82) is 0 Å². The van der Waals surface area contributed by atoms with Gasteiger partial charge >= 0.3 is 19.8 Å². The third-order valence-electron chi connectivity index (χ3n) is 9.09. The topological polar surface area (TPSA) is 149 Å². The summed E-state index contributed by atoms with van der Waals surface area (Å²) in [5, 5.41) is 20.0. The predicted octanol–water partition coefficient (Wildman–Crippen LogP) is 10.7. The lowest BCUT2D eigenvalue weighted by Crippen LogP contribution is -2.37.